The van der Waals surface area contributed by atoms with Gasteiger partial charge in [-0.25, -0.2) is 9.59 Å². The monoisotopic (exact) mass is 434 g/mol. The van der Waals surface area contributed by atoms with Crippen molar-refractivity contribution in [3.05, 3.63) is 90.0 Å². The molecule has 166 valence electrons. The topological polar surface area (TPSA) is 71.1 Å². The molecular formula is C26H26O6. The first-order chi connectivity index (χ1) is 15.5. The summed E-state index contributed by atoms with van der Waals surface area (Å²) in [7, 11) is 0. The Bertz CT molecular complexity index is 1010. The zero-order valence-corrected chi connectivity index (χ0v) is 18.2. The molecule has 0 aliphatic carbocycles. The standard InChI is InChI=1S/C26H26O6/c1-3-19(2)31-23-14-12-20(13-15-23)26(28)32-24-11-7-8-21(18-24)25(27)30-17-16-29-22-9-5-4-6-10-22/h4-15,18-19H,3,16-17H2,1-2H3. The van der Waals surface area contributed by atoms with Crippen molar-refractivity contribution in [2.75, 3.05) is 13.2 Å². The van der Waals surface area contributed by atoms with Crippen LogP contribution in [0.5, 0.6) is 17.2 Å². The van der Waals surface area contributed by atoms with Crippen molar-refractivity contribution in [1.82, 2.24) is 0 Å². The largest absolute Gasteiger partial charge is 0.491 e. The Morgan fingerprint density at radius 1 is 0.750 bits per heavy atom. The van der Waals surface area contributed by atoms with E-state index in [2.05, 4.69) is 0 Å². The van der Waals surface area contributed by atoms with Gasteiger partial charge >= 0.3 is 11.9 Å². The highest BCUT2D eigenvalue weighted by atomic mass is 16.6. The minimum atomic E-state index is -0.526. The predicted molar refractivity (Wildman–Crippen MR) is 120 cm³/mol. The lowest BCUT2D eigenvalue weighted by molar-refractivity contribution is 0.0449. The van der Waals surface area contributed by atoms with Crippen molar-refractivity contribution in [3.8, 4) is 17.2 Å². The molecule has 0 radical (unpaired) electrons. The van der Waals surface area contributed by atoms with E-state index in [4.69, 9.17) is 18.9 Å². The maximum atomic E-state index is 12.4. The van der Waals surface area contributed by atoms with Gasteiger partial charge in [-0.3, -0.25) is 0 Å². The number of esters is 2. The van der Waals surface area contributed by atoms with Crippen molar-refractivity contribution in [1.29, 1.82) is 0 Å². The number of para-hydroxylation sites is 1. The first kappa shape index (κ1) is 22.9. The minimum Gasteiger partial charge on any atom is -0.491 e. The molecule has 0 saturated carbocycles. The highest BCUT2D eigenvalue weighted by molar-refractivity contribution is 5.92. The van der Waals surface area contributed by atoms with E-state index in [1.807, 2.05) is 44.2 Å². The summed E-state index contributed by atoms with van der Waals surface area (Å²) >= 11 is 0. The van der Waals surface area contributed by atoms with Gasteiger partial charge in [-0.15, -0.1) is 0 Å². The van der Waals surface area contributed by atoms with Crippen LogP contribution in [0.1, 0.15) is 41.0 Å². The molecule has 0 saturated heterocycles. The smallest absolute Gasteiger partial charge is 0.343 e. The van der Waals surface area contributed by atoms with Crippen molar-refractivity contribution >= 4 is 11.9 Å². The van der Waals surface area contributed by atoms with Gasteiger partial charge in [0.15, 0.2) is 0 Å². The van der Waals surface area contributed by atoms with Gasteiger partial charge in [0.1, 0.15) is 30.5 Å². The van der Waals surface area contributed by atoms with Crippen LogP contribution in [0.15, 0.2) is 78.9 Å². The average Bonchev–Trinajstić information content (AvgIpc) is 2.83. The van der Waals surface area contributed by atoms with Gasteiger partial charge in [0.25, 0.3) is 0 Å². The predicted octanol–water partition coefficient (Wildman–Crippen LogP) is 5.32. The van der Waals surface area contributed by atoms with E-state index in [1.165, 1.54) is 6.07 Å². The normalized spacial score (nSPS) is 11.3. The number of benzene rings is 3. The van der Waals surface area contributed by atoms with Gasteiger partial charge in [-0.1, -0.05) is 31.2 Å². The third-order valence-electron chi connectivity index (χ3n) is 4.61. The zero-order valence-electron chi connectivity index (χ0n) is 18.2. The second-order valence-electron chi connectivity index (χ2n) is 7.08. The van der Waals surface area contributed by atoms with Crippen LogP contribution < -0.4 is 14.2 Å². The molecule has 0 bridgehead atoms. The highest BCUT2D eigenvalue weighted by Crippen LogP contribution is 2.19. The molecule has 6 heteroatoms. The summed E-state index contributed by atoms with van der Waals surface area (Å²) < 4.78 is 21.8. The first-order valence-electron chi connectivity index (χ1n) is 10.5. The van der Waals surface area contributed by atoms with Crippen molar-refractivity contribution in [2.45, 2.75) is 26.4 Å². The third-order valence-corrected chi connectivity index (χ3v) is 4.61. The van der Waals surface area contributed by atoms with Gasteiger partial charge in [0, 0.05) is 0 Å². The Morgan fingerprint density at radius 2 is 1.47 bits per heavy atom. The van der Waals surface area contributed by atoms with Crippen LogP contribution in [0.3, 0.4) is 0 Å². The van der Waals surface area contributed by atoms with E-state index in [-0.39, 0.29) is 30.6 Å². The Balaban J connectivity index is 1.51. The van der Waals surface area contributed by atoms with Crippen molar-refractivity contribution in [3.63, 3.8) is 0 Å². The van der Waals surface area contributed by atoms with Crippen molar-refractivity contribution < 1.29 is 28.5 Å². The molecule has 0 N–H and O–H groups in total. The number of rotatable bonds is 10. The molecule has 32 heavy (non-hydrogen) atoms. The van der Waals surface area contributed by atoms with Crippen LogP contribution >= 0.6 is 0 Å². The van der Waals surface area contributed by atoms with E-state index < -0.39 is 11.9 Å². The molecule has 0 aliphatic rings. The fourth-order valence-corrected chi connectivity index (χ4v) is 2.73. The van der Waals surface area contributed by atoms with Gasteiger partial charge in [-0.2, -0.15) is 0 Å². The van der Waals surface area contributed by atoms with Crippen LogP contribution in [0.2, 0.25) is 0 Å². The molecule has 0 amide bonds. The highest BCUT2D eigenvalue weighted by Gasteiger charge is 2.13. The maximum absolute atomic E-state index is 12.4. The quantitative estimate of drug-likeness (QED) is 0.244. The molecule has 6 nitrogen and oxygen atoms in total. The van der Waals surface area contributed by atoms with E-state index >= 15 is 0 Å². The fourth-order valence-electron chi connectivity index (χ4n) is 2.73. The number of hydrogen-bond acceptors (Lipinski definition) is 6. The molecule has 0 spiro atoms. The molecular weight excluding hydrogens is 408 g/mol. The summed E-state index contributed by atoms with van der Waals surface area (Å²) in [4.78, 5) is 24.7. The van der Waals surface area contributed by atoms with Gasteiger partial charge in [-0.05, 0) is 67.9 Å². The van der Waals surface area contributed by atoms with Gasteiger partial charge in [0.05, 0.1) is 17.2 Å². The van der Waals surface area contributed by atoms with Crippen LogP contribution in [0.25, 0.3) is 0 Å². The van der Waals surface area contributed by atoms with E-state index in [1.54, 1.807) is 42.5 Å². The maximum Gasteiger partial charge on any atom is 0.343 e. The Hall–Kier alpha value is -3.80. The summed E-state index contributed by atoms with van der Waals surface area (Å²) in [5.74, 6) is 0.603. The summed E-state index contributed by atoms with van der Waals surface area (Å²) in [6.07, 6.45) is 0.989. The van der Waals surface area contributed by atoms with E-state index in [0.29, 0.717) is 17.1 Å². The Morgan fingerprint density at radius 3 is 2.19 bits per heavy atom. The summed E-state index contributed by atoms with van der Waals surface area (Å²) in [5, 5.41) is 0. The SMILES string of the molecule is CCC(C)Oc1ccc(C(=O)Oc2cccc(C(=O)OCCOc3ccccc3)c2)cc1. The van der Waals surface area contributed by atoms with Gasteiger partial charge in [0.2, 0.25) is 0 Å². The first-order valence-corrected chi connectivity index (χ1v) is 10.5. The number of ether oxygens (including phenoxy) is 4. The Labute approximate surface area is 187 Å². The lowest BCUT2D eigenvalue weighted by Crippen LogP contribution is -2.13. The molecule has 0 aromatic heterocycles. The summed E-state index contributed by atoms with van der Waals surface area (Å²) in [6.45, 7) is 4.36. The summed E-state index contributed by atoms with van der Waals surface area (Å²) in [6, 6.07) is 22.3. The lowest BCUT2D eigenvalue weighted by Gasteiger charge is -2.12. The molecule has 0 aliphatic heterocycles. The zero-order chi connectivity index (χ0) is 22.8. The number of carbonyl (C=O) groups is 2. The average molecular weight is 434 g/mol. The van der Waals surface area contributed by atoms with Gasteiger partial charge < -0.3 is 18.9 Å². The molecule has 1 unspecified atom stereocenters. The third kappa shape index (κ3) is 6.87. The molecule has 3 aromatic carbocycles. The number of hydrogen-bond donors (Lipinski definition) is 0. The lowest BCUT2D eigenvalue weighted by atomic mass is 10.2. The second-order valence-corrected chi connectivity index (χ2v) is 7.08. The minimum absolute atomic E-state index is 0.0974. The van der Waals surface area contributed by atoms with Crippen LogP contribution in [0, 0.1) is 0 Å². The van der Waals surface area contributed by atoms with Crippen LogP contribution in [-0.4, -0.2) is 31.3 Å². The fraction of sp³-hybridized carbons (Fsp3) is 0.231. The summed E-state index contributed by atoms with van der Waals surface area (Å²) in [5.41, 5.74) is 0.667. The molecule has 0 fully saturated rings. The van der Waals surface area contributed by atoms with E-state index in [9.17, 15) is 9.59 Å². The molecule has 3 rings (SSSR count). The Kier molecular flexibility index (Phi) is 8.26. The molecule has 1 atom stereocenters. The number of carbonyl (C=O) groups excluding carboxylic acids is 2. The molecule has 0 heterocycles. The second kappa shape index (κ2) is 11.6. The van der Waals surface area contributed by atoms with Crippen molar-refractivity contribution in [2.24, 2.45) is 0 Å². The molecule has 3 aromatic rings. The van der Waals surface area contributed by atoms with Crippen LogP contribution in [-0.2, 0) is 4.74 Å². The van der Waals surface area contributed by atoms with Crippen LogP contribution in [0.4, 0.5) is 0 Å². The van der Waals surface area contributed by atoms with E-state index in [0.717, 1.165) is 6.42 Å².